The van der Waals surface area contributed by atoms with E-state index in [1.54, 1.807) is 25.1 Å². The zero-order chi connectivity index (χ0) is 18.0. The summed E-state index contributed by atoms with van der Waals surface area (Å²) in [5, 5.41) is 3.50. The number of nitrogens with zero attached hydrogens (tertiary/aromatic N) is 2. The number of ether oxygens (including phenoxy) is 1. The lowest BCUT2D eigenvalue weighted by Crippen LogP contribution is -2.10. The minimum absolute atomic E-state index is 0. The second-order valence-corrected chi connectivity index (χ2v) is 5.72. The number of carbonyl (C=O) groups excluding carboxylic acids is 1. The third kappa shape index (κ3) is 3.86. The van der Waals surface area contributed by atoms with Crippen LogP contribution in [0.15, 0.2) is 36.5 Å². The first-order valence-corrected chi connectivity index (χ1v) is 8.03. The molecule has 8 heteroatoms. The zero-order valence-electron chi connectivity index (χ0n) is 14.0. The number of esters is 1. The molecule has 3 aromatic rings. The van der Waals surface area contributed by atoms with E-state index >= 15 is 0 Å². The summed E-state index contributed by atoms with van der Waals surface area (Å²) in [6, 6.07) is 8.16. The van der Waals surface area contributed by atoms with Crippen LogP contribution in [-0.2, 0) is 4.74 Å². The van der Waals surface area contributed by atoms with Crippen molar-refractivity contribution >= 4 is 52.4 Å². The molecule has 0 fully saturated rings. The number of anilines is 2. The number of fused-ring (bicyclic) bond motifs is 1. The summed E-state index contributed by atoms with van der Waals surface area (Å²) < 4.78 is 19.4. The Hall–Kier alpha value is -2.44. The van der Waals surface area contributed by atoms with Crippen molar-refractivity contribution in [1.82, 2.24) is 9.97 Å². The van der Waals surface area contributed by atoms with Gasteiger partial charge in [-0.2, -0.15) is 0 Å². The van der Waals surface area contributed by atoms with Gasteiger partial charge in [0.05, 0.1) is 23.0 Å². The minimum Gasteiger partial charge on any atom is -0.462 e. The molecule has 0 saturated carbocycles. The molecule has 0 aliphatic heterocycles. The van der Waals surface area contributed by atoms with Crippen LogP contribution in [0.3, 0.4) is 0 Å². The van der Waals surface area contributed by atoms with E-state index in [4.69, 9.17) is 16.3 Å². The number of halogens is 3. The lowest BCUT2D eigenvalue weighted by molar-refractivity contribution is 0.0527. The molecule has 0 radical (unpaired) electrons. The fourth-order valence-electron chi connectivity index (χ4n) is 2.41. The topological polar surface area (TPSA) is 64.1 Å². The lowest BCUT2D eigenvalue weighted by atomic mass is 10.1. The van der Waals surface area contributed by atoms with E-state index in [1.165, 1.54) is 18.3 Å². The predicted molar refractivity (Wildman–Crippen MR) is 102 cm³/mol. The molecule has 3 rings (SSSR count). The highest BCUT2D eigenvalue weighted by Crippen LogP contribution is 2.31. The molecule has 0 aliphatic carbocycles. The van der Waals surface area contributed by atoms with Crippen molar-refractivity contribution in [1.29, 1.82) is 0 Å². The van der Waals surface area contributed by atoms with Crippen LogP contribution in [0.2, 0.25) is 5.02 Å². The van der Waals surface area contributed by atoms with Crippen LogP contribution >= 0.6 is 24.0 Å². The Balaban J connectivity index is 0.00000243. The maximum absolute atomic E-state index is 14.3. The van der Waals surface area contributed by atoms with Crippen LogP contribution in [0.1, 0.15) is 23.0 Å². The molecule has 0 amide bonds. The van der Waals surface area contributed by atoms with Crippen LogP contribution in [0.4, 0.5) is 15.8 Å². The molecule has 0 atom stereocenters. The van der Waals surface area contributed by atoms with Crippen molar-refractivity contribution < 1.29 is 13.9 Å². The zero-order valence-corrected chi connectivity index (χ0v) is 15.6. The van der Waals surface area contributed by atoms with Gasteiger partial charge < -0.3 is 10.1 Å². The van der Waals surface area contributed by atoms with Gasteiger partial charge in [0.15, 0.2) is 11.5 Å². The molecule has 0 bridgehead atoms. The van der Waals surface area contributed by atoms with Gasteiger partial charge in [-0.3, -0.25) is 0 Å². The van der Waals surface area contributed by atoms with Gasteiger partial charge >= 0.3 is 5.97 Å². The smallest absolute Gasteiger partial charge is 0.341 e. The Morgan fingerprint density at radius 2 is 2.08 bits per heavy atom. The molecule has 1 aromatic carbocycles. The number of pyridine rings is 2. The first kappa shape index (κ1) is 19.9. The predicted octanol–water partition coefficient (Wildman–Crippen LogP) is 5.07. The van der Waals surface area contributed by atoms with Gasteiger partial charge in [0.2, 0.25) is 0 Å². The molecule has 1 N–H and O–H groups in total. The molecule has 0 spiro atoms. The summed E-state index contributed by atoms with van der Waals surface area (Å²) in [6.45, 7) is 3.76. The van der Waals surface area contributed by atoms with Crippen molar-refractivity contribution in [2.75, 3.05) is 11.9 Å². The SMILES string of the molecule is CCOC(=O)c1cnc2nc(C)ccc2c1Nc1cccc(Cl)c1F.Cl. The average Bonchev–Trinajstić information content (AvgIpc) is 2.59. The number of nitrogens with one attached hydrogen (secondary N) is 1. The summed E-state index contributed by atoms with van der Waals surface area (Å²) in [5.74, 6) is -1.16. The van der Waals surface area contributed by atoms with E-state index in [9.17, 15) is 9.18 Å². The number of hydrogen-bond acceptors (Lipinski definition) is 5. The fourth-order valence-corrected chi connectivity index (χ4v) is 2.58. The van der Waals surface area contributed by atoms with E-state index < -0.39 is 11.8 Å². The third-order valence-corrected chi connectivity index (χ3v) is 3.87. The van der Waals surface area contributed by atoms with Gasteiger partial charge in [0.25, 0.3) is 0 Å². The molecular formula is C18H16Cl2FN3O2. The largest absolute Gasteiger partial charge is 0.462 e. The van der Waals surface area contributed by atoms with Gasteiger partial charge in [0.1, 0.15) is 5.56 Å². The number of benzene rings is 1. The Labute approximate surface area is 161 Å². The number of aryl methyl sites for hydroxylation is 1. The van der Waals surface area contributed by atoms with Crippen LogP contribution < -0.4 is 5.32 Å². The van der Waals surface area contributed by atoms with Gasteiger partial charge in [-0.15, -0.1) is 12.4 Å². The molecule has 26 heavy (non-hydrogen) atoms. The molecule has 136 valence electrons. The fraction of sp³-hybridized carbons (Fsp3) is 0.167. The molecule has 2 aromatic heterocycles. The Morgan fingerprint density at radius 3 is 2.81 bits per heavy atom. The summed E-state index contributed by atoms with van der Waals surface area (Å²) in [5.41, 5.74) is 1.93. The average molecular weight is 396 g/mol. The Morgan fingerprint density at radius 1 is 1.31 bits per heavy atom. The monoisotopic (exact) mass is 395 g/mol. The Kier molecular flexibility index (Phi) is 6.34. The van der Waals surface area contributed by atoms with Crippen LogP contribution in [0.25, 0.3) is 11.0 Å². The number of carbonyl (C=O) groups is 1. The first-order chi connectivity index (χ1) is 12.0. The van der Waals surface area contributed by atoms with E-state index in [-0.39, 0.29) is 35.3 Å². The molecule has 0 unspecified atom stereocenters. The van der Waals surface area contributed by atoms with Crippen LogP contribution in [-0.4, -0.2) is 22.5 Å². The van der Waals surface area contributed by atoms with Crippen LogP contribution in [0, 0.1) is 12.7 Å². The summed E-state index contributed by atoms with van der Waals surface area (Å²) in [6.07, 6.45) is 1.37. The van der Waals surface area contributed by atoms with E-state index in [0.717, 1.165) is 5.69 Å². The quantitative estimate of drug-likeness (QED) is 0.624. The van der Waals surface area contributed by atoms with Crippen LogP contribution in [0.5, 0.6) is 0 Å². The molecule has 5 nitrogen and oxygen atoms in total. The standard InChI is InChI=1S/C18H15ClFN3O2.ClH/c1-3-25-18(24)12-9-21-17-11(8-7-10(2)22-17)16(12)23-14-6-4-5-13(19)15(14)20;/h4-9H,3H2,1-2H3,(H,21,22,23);1H. The van der Waals surface area contributed by atoms with Gasteiger partial charge in [-0.05, 0) is 38.1 Å². The highest BCUT2D eigenvalue weighted by atomic mass is 35.5. The Bertz CT molecular complexity index is 967. The highest BCUT2D eigenvalue weighted by Gasteiger charge is 2.19. The summed E-state index contributed by atoms with van der Waals surface area (Å²) >= 11 is 5.84. The van der Waals surface area contributed by atoms with Gasteiger partial charge in [-0.1, -0.05) is 17.7 Å². The van der Waals surface area contributed by atoms with Crippen molar-refractivity contribution in [3.05, 3.63) is 58.6 Å². The second-order valence-electron chi connectivity index (χ2n) is 5.32. The maximum Gasteiger partial charge on any atom is 0.341 e. The van der Waals surface area contributed by atoms with Crippen molar-refractivity contribution in [3.8, 4) is 0 Å². The number of hydrogen-bond donors (Lipinski definition) is 1. The van der Waals surface area contributed by atoms with E-state index in [2.05, 4.69) is 15.3 Å². The molecular weight excluding hydrogens is 380 g/mol. The maximum atomic E-state index is 14.3. The third-order valence-electron chi connectivity index (χ3n) is 3.58. The minimum atomic E-state index is -0.607. The van der Waals surface area contributed by atoms with E-state index in [1.807, 2.05) is 6.92 Å². The number of rotatable bonds is 4. The van der Waals surface area contributed by atoms with E-state index in [0.29, 0.717) is 16.7 Å². The molecule has 2 heterocycles. The van der Waals surface area contributed by atoms with Crippen molar-refractivity contribution in [2.45, 2.75) is 13.8 Å². The summed E-state index contributed by atoms with van der Waals surface area (Å²) in [7, 11) is 0. The first-order valence-electron chi connectivity index (χ1n) is 7.65. The van der Waals surface area contributed by atoms with Gasteiger partial charge in [-0.25, -0.2) is 19.2 Å². The second kappa shape index (κ2) is 8.29. The lowest BCUT2D eigenvalue weighted by Gasteiger charge is -2.14. The molecule has 0 aliphatic rings. The number of aromatic nitrogens is 2. The molecule has 0 saturated heterocycles. The van der Waals surface area contributed by atoms with Gasteiger partial charge in [0, 0.05) is 17.3 Å². The normalized spacial score (nSPS) is 10.3. The summed E-state index contributed by atoms with van der Waals surface area (Å²) in [4.78, 5) is 20.8. The highest BCUT2D eigenvalue weighted by molar-refractivity contribution is 6.31. The van der Waals surface area contributed by atoms with Crippen molar-refractivity contribution in [2.24, 2.45) is 0 Å². The van der Waals surface area contributed by atoms with Crippen molar-refractivity contribution in [3.63, 3.8) is 0 Å².